The van der Waals surface area contributed by atoms with Gasteiger partial charge in [-0.15, -0.1) is 0 Å². The quantitative estimate of drug-likeness (QED) is 0.882. The fourth-order valence-electron chi connectivity index (χ4n) is 1.70. The third-order valence-electron chi connectivity index (χ3n) is 2.81. The highest BCUT2D eigenvalue weighted by molar-refractivity contribution is 6.31. The monoisotopic (exact) mass is 246 g/mol. The number of hydrogen-bond acceptors (Lipinski definition) is 2. The van der Waals surface area contributed by atoms with Crippen molar-refractivity contribution in [3.05, 3.63) is 63.9 Å². The summed E-state index contributed by atoms with van der Waals surface area (Å²) in [4.78, 5) is 4.30. The molecule has 0 aliphatic rings. The molecule has 0 aliphatic heterocycles. The van der Waals surface area contributed by atoms with Gasteiger partial charge in [-0.25, -0.2) is 0 Å². The Morgan fingerprint density at radius 3 is 2.59 bits per heavy atom. The van der Waals surface area contributed by atoms with E-state index in [1.807, 2.05) is 44.2 Å². The first-order valence-corrected chi connectivity index (χ1v) is 5.90. The van der Waals surface area contributed by atoms with E-state index in [1.54, 1.807) is 6.20 Å². The number of pyridine rings is 1. The Bertz CT molecular complexity index is 537. The molecule has 1 atom stereocenters. The molecule has 2 rings (SSSR count). The van der Waals surface area contributed by atoms with Gasteiger partial charge in [0.2, 0.25) is 0 Å². The molecule has 1 heterocycles. The summed E-state index contributed by atoms with van der Waals surface area (Å²) in [5.41, 5.74) is 10.2. The molecule has 2 N–H and O–H groups in total. The molecule has 17 heavy (non-hydrogen) atoms. The molecule has 0 bridgehead atoms. The van der Waals surface area contributed by atoms with Crippen molar-refractivity contribution in [2.24, 2.45) is 5.73 Å². The lowest BCUT2D eigenvalue weighted by Gasteiger charge is -2.13. The standard InChI is InChI=1S/C14H15ClN2/c1-9-5-6-17-13(7-9)14(16)11-4-3-10(2)12(15)8-11/h3-8,14H,16H2,1-2H3. The minimum atomic E-state index is -0.229. The van der Waals surface area contributed by atoms with Gasteiger partial charge in [0.15, 0.2) is 0 Å². The number of halogens is 1. The van der Waals surface area contributed by atoms with Gasteiger partial charge in [-0.05, 0) is 48.7 Å². The molecule has 0 radical (unpaired) electrons. The van der Waals surface area contributed by atoms with Crippen LogP contribution in [0.4, 0.5) is 0 Å². The third-order valence-corrected chi connectivity index (χ3v) is 3.22. The second-order valence-electron chi connectivity index (χ2n) is 4.24. The Labute approximate surface area is 106 Å². The summed E-state index contributed by atoms with van der Waals surface area (Å²) < 4.78 is 0. The highest BCUT2D eigenvalue weighted by Gasteiger charge is 2.11. The van der Waals surface area contributed by atoms with Crippen molar-refractivity contribution in [1.82, 2.24) is 4.98 Å². The van der Waals surface area contributed by atoms with Gasteiger partial charge >= 0.3 is 0 Å². The van der Waals surface area contributed by atoms with Crippen molar-refractivity contribution >= 4 is 11.6 Å². The maximum absolute atomic E-state index is 6.18. The lowest BCUT2D eigenvalue weighted by Crippen LogP contribution is -2.13. The average molecular weight is 247 g/mol. The molecule has 3 heteroatoms. The van der Waals surface area contributed by atoms with Crippen molar-refractivity contribution in [1.29, 1.82) is 0 Å². The highest BCUT2D eigenvalue weighted by Crippen LogP contribution is 2.23. The van der Waals surface area contributed by atoms with E-state index in [0.717, 1.165) is 27.4 Å². The second-order valence-corrected chi connectivity index (χ2v) is 4.65. The van der Waals surface area contributed by atoms with E-state index in [-0.39, 0.29) is 6.04 Å². The maximum atomic E-state index is 6.18. The summed E-state index contributed by atoms with van der Waals surface area (Å²) in [6, 6.07) is 9.61. The predicted octanol–water partition coefficient (Wildman–Crippen LogP) is 3.40. The smallest absolute Gasteiger partial charge is 0.0727 e. The molecule has 88 valence electrons. The van der Waals surface area contributed by atoms with Crippen molar-refractivity contribution in [3.63, 3.8) is 0 Å². The molecule has 0 spiro atoms. The Hall–Kier alpha value is -1.38. The number of rotatable bonds is 2. The van der Waals surface area contributed by atoms with Crippen LogP contribution >= 0.6 is 11.6 Å². The molecule has 0 saturated carbocycles. The van der Waals surface area contributed by atoms with Gasteiger partial charge in [-0.2, -0.15) is 0 Å². The molecule has 2 aromatic rings. The van der Waals surface area contributed by atoms with E-state index in [1.165, 1.54) is 0 Å². The number of aryl methyl sites for hydroxylation is 2. The number of aromatic nitrogens is 1. The van der Waals surface area contributed by atoms with Crippen molar-refractivity contribution in [2.75, 3.05) is 0 Å². The van der Waals surface area contributed by atoms with E-state index < -0.39 is 0 Å². The molecule has 1 aromatic carbocycles. The Kier molecular flexibility index (Phi) is 3.46. The van der Waals surface area contributed by atoms with Crippen LogP contribution in [-0.2, 0) is 0 Å². The van der Waals surface area contributed by atoms with Crippen LogP contribution in [0.5, 0.6) is 0 Å². The van der Waals surface area contributed by atoms with E-state index in [2.05, 4.69) is 4.98 Å². The van der Waals surface area contributed by atoms with Crippen LogP contribution in [0.1, 0.15) is 28.4 Å². The highest BCUT2D eigenvalue weighted by atomic mass is 35.5. The molecule has 0 amide bonds. The molecule has 0 fully saturated rings. The van der Waals surface area contributed by atoms with E-state index in [4.69, 9.17) is 17.3 Å². The first kappa shape index (κ1) is 12.1. The van der Waals surface area contributed by atoms with Crippen LogP contribution < -0.4 is 5.73 Å². The lowest BCUT2D eigenvalue weighted by molar-refractivity contribution is 0.826. The van der Waals surface area contributed by atoms with Gasteiger partial charge in [-0.1, -0.05) is 23.7 Å². The summed E-state index contributed by atoms with van der Waals surface area (Å²) in [7, 11) is 0. The summed E-state index contributed by atoms with van der Waals surface area (Å²) in [6.07, 6.45) is 1.78. The van der Waals surface area contributed by atoms with Crippen LogP contribution in [0.25, 0.3) is 0 Å². The fourth-order valence-corrected chi connectivity index (χ4v) is 1.89. The van der Waals surface area contributed by atoms with Crippen LogP contribution in [0.2, 0.25) is 5.02 Å². The SMILES string of the molecule is Cc1ccnc(C(N)c2ccc(C)c(Cl)c2)c1. The van der Waals surface area contributed by atoms with Gasteiger partial charge in [0.05, 0.1) is 11.7 Å². The van der Waals surface area contributed by atoms with Crippen molar-refractivity contribution in [2.45, 2.75) is 19.9 Å². The largest absolute Gasteiger partial charge is 0.319 e. The molecule has 2 nitrogen and oxygen atoms in total. The Morgan fingerprint density at radius 2 is 1.94 bits per heavy atom. The van der Waals surface area contributed by atoms with E-state index >= 15 is 0 Å². The van der Waals surface area contributed by atoms with Gasteiger partial charge in [0.25, 0.3) is 0 Å². The molecular formula is C14H15ClN2. The molecule has 0 aliphatic carbocycles. The molecule has 1 unspecified atom stereocenters. The normalized spacial score (nSPS) is 12.5. The molecule has 1 aromatic heterocycles. The number of benzene rings is 1. The minimum absolute atomic E-state index is 0.229. The number of nitrogens with zero attached hydrogens (tertiary/aromatic N) is 1. The van der Waals surface area contributed by atoms with Crippen molar-refractivity contribution in [3.8, 4) is 0 Å². The second kappa shape index (κ2) is 4.86. The first-order chi connectivity index (χ1) is 8.08. The Balaban J connectivity index is 2.36. The fraction of sp³-hybridized carbons (Fsp3) is 0.214. The van der Waals surface area contributed by atoms with Gasteiger partial charge in [0, 0.05) is 11.2 Å². The lowest BCUT2D eigenvalue weighted by atomic mass is 10.0. The summed E-state index contributed by atoms with van der Waals surface area (Å²) in [5.74, 6) is 0. The number of hydrogen-bond donors (Lipinski definition) is 1. The van der Waals surface area contributed by atoms with Gasteiger partial charge in [0.1, 0.15) is 0 Å². The van der Waals surface area contributed by atoms with Crippen LogP contribution in [0, 0.1) is 13.8 Å². The molecular weight excluding hydrogens is 232 g/mol. The van der Waals surface area contributed by atoms with Crippen LogP contribution in [-0.4, -0.2) is 4.98 Å². The van der Waals surface area contributed by atoms with E-state index in [0.29, 0.717) is 0 Å². The topological polar surface area (TPSA) is 38.9 Å². The number of nitrogens with two attached hydrogens (primary N) is 1. The van der Waals surface area contributed by atoms with Crippen molar-refractivity contribution < 1.29 is 0 Å². The van der Waals surface area contributed by atoms with Gasteiger partial charge in [-0.3, -0.25) is 4.98 Å². The van der Waals surface area contributed by atoms with Gasteiger partial charge < -0.3 is 5.73 Å². The average Bonchev–Trinajstić information content (AvgIpc) is 2.32. The zero-order valence-corrected chi connectivity index (χ0v) is 10.7. The summed E-state index contributed by atoms with van der Waals surface area (Å²) in [5, 5.41) is 0.741. The molecule has 0 saturated heterocycles. The zero-order chi connectivity index (χ0) is 12.4. The Morgan fingerprint density at radius 1 is 1.18 bits per heavy atom. The first-order valence-electron chi connectivity index (χ1n) is 5.52. The third kappa shape index (κ3) is 2.65. The summed E-state index contributed by atoms with van der Waals surface area (Å²) >= 11 is 6.10. The zero-order valence-electron chi connectivity index (χ0n) is 9.94. The van der Waals surface area contributed by atoms with Crippen LogP contribution in [0.3, 0.4) is 0 Å². The van der Waals surface area contributed by atoms with E-state index in [9.17, 15) is 0 Å². The minimum Gasteiger partial charge on any atom is -0.319 e. The maximum Gasteiger partial charge on any atom is 0.0727 e. The summed E-state index contributed by atoms with van der Waals surface area (Å²) in [6.45, 7) is 4.00. The van der Waals surface area contributed by atoms with Crippen LogP contribution in [0.15, 0.2) is 36.5 Å². The predicted molar refractivity (Wildman–Crippen MR) is 71.2 cm³/mol.